The van der Waals surface area contributed by atoms with Crippen molar-refractivity contribution in [1.82, 2.24) is 0 Å². The van der Waals surface area contributed by atoms with Gasteiger partial charge in [-0.25, -0.2) is 0 Å². The first-order chi connectivity index (χ1) is 22.4. The fourth-order valence-corrected chi connectivity index (χ4v) is 5.16. The van der Waals surface area contributed by atoms with E-state index in [9.17, 15) is 19.2 Å². The van der Waals surface area contributed by atoms with Crippen molar-refractivity contribution in [3.8, 4) is 0 Å². The smallest absolute Gasteiger partial charge is 0.308 e. The number of carbonyl (C=O) groups excluding carboxylic acids is 3. The second-order valence-electron chi connectivity index (χ2n) is 12.6. The molecule has 0 aliphatic rings. The zero-order valence-corrected chi connectivity index (χ0v) is 29.5. The first-order valence-corrected chi connectivity index (χ1v) is 18.7. The van der Waals surface area contributed by atoms with Crippen molar-refractivity contribution in [2.45, 2.75) is 187 Å². The maximum atomic E-state index is 12.5. The summed E-state index contributed by atoms with van der Waals surface area (Å²) in [5.41, 5.74) is 0. The summed E-state index contributed by atoms with van der Waals surface area (Å²) in [5, 5.41) is 8.65. The lowest BCUT2D eigenvalue weighted by atomic mass is 10.1. The van der Waals surface area contributed by atoms with E-state index in [4.69, 9.17) is 24.1 Å². The molecule has 1 atom stereocenters. The van der Waals surface area contributed by atoms with Gasteiger partial charge in [-0.2, -0.15) is 0 Å². The van der Waals surface area contributed by atoms with Crippen LogP contribution in [0.2, 0.25) is 0 Å². The summed E-state index contributed by atoms with van der Waals surface area (Å²) in [6.07, 6.45) is 25.7. The molecule has 0 aliphatic carbocycles. The van der Waals surface area contributed by atoms with Crippen LogP contribution in [-0.2, 0) is 38.1 Å². The van der Waals surface area contributed by atoms with Crippen LogP contribution in [0.4, 0.5) is 0 Å². The lowest BCUT2D eigenvalue weighted by Gasteiger charge is -2.18. The number of carboxylic acids is 1. The Morgan fingerprint density at radius 2 is 0.804 bits per heavy atom. The third-order valence-electron chi connectivity index (χ3n) is 8.04. The van der Waals surface area contributed by atoms with Crippen LogP contribution in [0.25, 0.3) is 0 Å². The Morgan fingerprint density at radius 3 is 1.22 bits per heavy atom. The average Bonchev–Trinajstić information content (AvgIpc) is 3.03. The Hall–Kier alpha value is -2.16. The molecule has 0 saturated heterocycles. The van der Waals surface area contributed by atoms with Crippen LogP contribution in [0.3, 0.4) is 0 Å². The normalized spacial score (nSPS) is 11.7. The first kappa shape index (κ1) is 43.8. The van der Waals surface area contributed by atoms with Gasteiger partial charge in [-0.1, -0.05) is 142 Å². The predicted molar refractivity (Wildman–Crippen MR) is 182 cm³/mol. The molecular formula is C37H68O9. The average molecular weight is 657 g/mol. The second-order valence-corrected chi connectivity index (χ2v) is 12.6. The van der Waals surface area contributed by atoms with Gasteiger partial charge in [0.2, 0.25) is 0 Å². The van der Waals surface area contributed by atoms with E-state index in [1.807, 2.05) is 0 Å². The largest absolute Gasteiger partial charge is 0.481 e. The molecule has 0 amide bonds. The van der Waals surface area contributed by atoms with E-state index in [2.05, 4.69) is 13.8 Å². The van der Waals surface area contributed by atoms with E-state index in [1.54, 1.807) is 0 Å². The molecule has 0 aromatic heterocycles. The quantitative estimate of drug-likeness (QED) is 0.0403. The van der Waals surface area contributed by atoms with Crippen LogP contribution in [0, 0.1) is 0 Å². The van der Waals surface area contributed by atoms with Crippen molar-refractivity contribution in [1.29, 1.82) is 0 Å². The van der Waals surface area contributed by atoms with Crippen molar-refractivity contribution in [2.75, 3.05) is 26.4 Å². The van der Waals surface area contributed by atoms with E-state index >= 15 is 0 Å². The second kappa shape index (κ2) is 34.2. The van der Waals surface area contributed by atoms with Crippen molar-refractivity contribution in [3.63, 3.8) is 0 Å². The molecule has 0 aromatic carbocycles. The molecule has 0 rings (SSSR count). The minimum Gasteiger partial charge on any atom is -0.481 e. The fourth-order valence-electron chi connectivity index (χ4n) is 5.16. The molecular weight excluding hydrogens is 588 g/mol. The van der Waals surface area contributed by atoms with Crippen LogP contribution in [0.5, 0.6) is 0 Å². The van der Waals surface area contributed by atoms with Crippen LogP contribution >= 0.6 is 0 Å². The molecule has 0 aliphatic heterocycles. The third-order valence-corrected chi connectivity index (χ3v) is 8.04. The molecule has 9 nitrogen and oxygen atoms in total. The minimum atomic E-state index is -0.974. The van der Waals surface area contributed by atoms with Crippen LogP contribution in [0.1, 0.15) is 181 Å². The van der Waals surface area contributed by atoms with Gasteiger partial charge in [0.15, 0.2) is 6.10 Å². The number of carboxylic acid groups (broad SMARTS) is 1. The Balaban J connectivity index is 4.31. The Kier molecular flexibility index (Phi) is 32.6. The Bertz CT molecular complexity index is 740. The number of aliphatic carboxylic acids is 1. The molecule has 0 radical (unpaired) electrons. The zero-order chi connectivity index (χ0) is 33.9. The van der Waals surface area contributed by atoms with Gasteiger partial charge < -0.3 is 24.1 Å². The summed E-state index contributed by atoms with van der Waals surface area (Å²) in [7, 11) is 0. The predicted octanol–water partition coefficient (Wildman–Crippen LogP) is 9.27. The van der Waals surface area contributed by atoms with Crippen molar-refractivity contribution >= 4 is 23.9 Å². The van der Waals surface area contributed by atoms with E-state index < -0.39 is 24.0 Å². The van der Waals surface area contributed by atoms with Crippen molar-refractivity contribution in [3.05, 3.63) is 0 Å². The molecule has 46 heavy (non-hydrogen) atoms. The monoisotopic (exact) mass is 656 g/mol. The highest BCUT2D eigenvalue weighted by Crippen LogP contribution is 2.14. The number of hydrogen-bond acceptors (Lipinski definition) is 8. The molecule has 0 saturated carbocycles. The van der Waals surface area contributed by atoms with Crippen molar-refractivity contribution < 1.29 is 43.2 Å². The zero-order valence-electron chi connectivity index (χ0n) is 29.5. The van der Waals surface area contributed by atoms with Crippen molar-refractivity contribution in [2.24, 2.45) is 0 Å². The Morgan fingerprint density at radius 1 is 0.457 bits per heavy atom. The van der Waals surface area contributed by atoms with Crippen LogP contribution in [-0.4, -0.2) is 61.5 Å². The number of esters is 3. The molecule has 0 heterocycles. The maximum Gasteiger partial charge on any atom is 0.308 e. The fraction of sp³-hybridized carbons (Fsp3) is 0.892. The summed E-state index contributed by atoms with van der Waals surface area (Å²) < 4.78 is 21.3. The highest BCUT2D eigenvalue weighted by atomic mass is 16.6. The van der Waals surface area contributed by atoms with Gasteiger partial charge in [-0.05, 0) is 12.8 Å². The molecule has 1 unspecified atom stereocenters. The van der Waals surface area contributed by atoms with Crippen LogP contribution < -0.4 is 0 Å². The Labute approximate surface area is 280 Å². The van der Waals surface area contributed by atoms with E-state index in [1.165, 1.54) is 103 Å². The lowest BCUT2D eigenvalue weighted by molar-refractivity contribution is -0.167. The molecule has 1 N–H and O–H groups in total. The first-order valence-electron chi connectivity index (χ1n) is 18.7. The van der Waals surface area contributed by atoms with Gasteiger partial charge in [-0.15, -0.1) is 0 Å². The van der Waals surface area contributed by atoms with Gasteiger partial charge >= 0.3 is 23.9 Å². The summed E-state index contributed by atoms with van der Waals surface area (Å²) in [5.74, 6) is -2.27. The van der Waals surface area contributed by atoms with Gasteiger partial charge in [0.25, 0.3) is 0 Å². The number of rotatable bonds is 35. The minimum absolute atomic E-state index is 0.0109. The standard InChI is InChI=1S/C37H68O9/c1-3-5-7-9-11-13-15-17-19-21-23-25-35(40)44-31-33(32-45-36(41)28-30-43-29-27-34(38)39)46-37(42)26-24-22-20-18-16-14-12-10-8-6-4-2/h33H,3-32H2,1-2H3,(H,38,39). The van der Waals surface area contributed by atoms with Crippen LogP contribution in [0.15, 0.2) is 0 Å². The number of unbranched alkanes of at least 4 members (excludes halogenated alkanes) is 20. The lowest BCUT2D eigenvalue weighted by Crippen LogP contribution is -2.31. The van der Waals surface area contributed by atoms with Gasteiger partial charge in [0.1, 0.15) is 13.2 Å². The van der Waals surface area contributed by atoms with Gasteiger partial charge in [0, 0.05) is 12.8 Å². The number of carbonyl (C=O) groups is 4. The third kappa shape index (κ3) is 33.2. The molecule has 270 valence electrons. The number of hydrogen-bond donors (Lipinski definition) is 1. The van der Waals surface area contributed by atoms with Gasteiger partial charge in [-0.3, -0.25) is 19.2 Å². The maximum absolute atomic E-state index is 12.5. The van der Waals surface area contributed by atoms with Gasteiger partial charge in [0.05, 0.1) is 26.1 Å². The van der Waals surface area contributed by atoms with E-state index in [-0.39, 0.29) is 51.7 Å². The summed E-state index contributed by atoms with van der Waals surface area (Å²) in [4.78, 5) is 47.5. The molecule has 9 heteroatoms. The topological polar surface area (TPSA) is 125 Å². The highest BCUT2D eigenvalue weighted by Gasteiger charge is 2.19. The summed E-state index contributed by atoms with van der Waals surface area (Å²) >= 11 is 0. The molecule has 0 fully saturated rings. The van der Waals surface area contributed by atoms with E-state index in [0.717, 1.165) is 38.5 Å². The SMILES string of the molecule is CCCCCCCCCCCCCC(=O)OCC(COC(=O)CCOCCC(=O)O)OC(=O)CCCCCCCCCCCCC. The van der Waals surface area contributed by atoms with E-state index in [0.29, 0.717) is 6.42 Å². The molecule has 0 aromatic rings. The molecule has 0 bridgehead atoms. The number of ether oxygens (including phenoxy) is 4. The summed E-state index contributed by atoms with van der Waals surface area (Å²) in [6, 6.07) is 0. The highest BCUT2D eigenvalue weighted by molar-refractivity contribution is 5.71. The summed E-state index contributed by atoms with van der Waals surface area (Å²) in [6.45, 7) is 4.12. The molecule has 0 spiro atoms.